The zero-order chi connectivity index (χ0) is 30.8. The van der Waals surface area contributed by atoms with Gasteiger partial charge in [0.15, 0.2) is 5.82 Å². The number of nitrogens with zero attached hydrogens (tertiary/aromatic N) is 7. The average Bonchev–Trinajstić information content (AvgIpc) is 3.60. The Hall–Kier alpha value is -5.00. The smallest absolute Gasteiger partial charge is 0.159 e. The van der Waals surface area contributed by atoms with E-state index < -0.39 is 0 Å². The van der Waals surface area contributed by atoms with E-state index in [0.717, 1.165) is 64.0 Å². The van der Waals surface area contributed by atoms with Crippen LogP contribution in [0.3, 0.4) is 0 Å². The number of benzene rings is 1. The molecule has 44 heavy (non-hydrogen) atoms. The molecular weight excluding hydrogens is 555 g/mol. The van der Waals surface area contributed by atoms with Crippen LogP contribution < -0.4 is 5.32 Å². The van der Waals surface area contributed by atoms with Crippen LogP contribution in [0.15, 0.2) is 73.5 Å². The Morgan fingerprint density at radius 3 is 2.61 bits per heavy atom. The monoisotopic (exact) mass is 590 g/mol. The predicted octanol–water partition coefficient (Wildman–Crippen LogP) is 5.75. The van der Waals surface area contributed by atoms with Crippen LogP contribution >= 0.6 is 0 Å². The normalized spacial score (nSPS) is 11.7. The third kappa shape index (κ3) is 6.34. The van der Waals surface area contributed by atoms with Gasteiger partial charge in [-0.1, -0.05) is 6.58 Å². The van der Waals surface area contributed by atoms with Gasteiger partial charge in [0.2, 0.25) is 0 Å². The molecule has 0 aliphatic heterocycles. The Bertz CT molecular complexity index is 1960. The van der Waals surface area contributed by atoms with Crippen LogP contribution in [0.25, 0.3) is 56.0 Å². The summed E-state index contributed by atoms with van der Waals surface area (Å²) in [6.45, 7) is 5.74. The number of H-pyrrole nitrogens is 2. The van der Waals surface area contributed by atoms with Gasteiger partial charge in [-0.3, -0.25) is 20.1 Å². The number of fused-ring (bicyclic) bond motifs is 2. The molecule has 3 N–H and O–H groups in total. The van der Waals surface area contributed by atoms with E-state index >= 15 is 0 Å². The summed E-state index contributed by atoms with van der Waals surface area (Å²) in [6.07, 6.45) is 8.72. The van der Waals surface area contributed by atoms with E-state index in [4.69, 9.17) is 4.98 Å². The van der Waals surface area contributed by atoms with Crippen molar-refractivity contribution in [3.8, 4) is 34.0 Å². The molecule has 224 valence electrons. The maximum absolute atomic E-state index is 14.7. The Morgan fingerprint density at radius 1 is 0.932 bits per heavy atom. The first-order chi connectivity index (χ1) is 21.2. The van der Waals surface area contributed by atoms with Crippen LogP contribution in [0, 0.1) is 5.82 Å². The highest BCUT2D eigenvalue weighted by molar-refractivity contribution is 5.97. The number of hydrogen-bond acceptors (Lipinski definition) is 8. The van der Waals surface area contributed by atoms with Crippen molar-refractivity contribution in [1.29, 1.82) is 0 Å². The van der Waals surface area contributed by atoms with Crippen molar-refractivity contribution in [3.05, 3.63) is 84.8 Å². The summed E-state index contributed by atoms with van der Waals surface area (Å²) < 4.78 is 14.7. The van der Waals surface area contributed by atoms with Crippen molar-refractivity contribution in [2.45, 2.75) is 12.8 Å². The lowest BCUT2D eigenvalue weighted by atomic mass is 10.0. The molecule has 0 aliphatic rings. The average molecular weight is 591 g/mol. The molecule has 0 saturated heterocycles. The molecule has 0 unspecified atom stereocenters. The number of halogens is 1. The van der Waals surface area contributed by atoms with Gasteiger partial charge >= 0.3 is 0 Å². The van der Waals surface area contributed by atoms with Crippen LogP contribution in [0.5, 0.6) is 0 Å². The first-order valence-electron chi connectivity index (χ1n) is 14.4. The molecule has 5 heterocycles. The van der Waals surface area contributed by atoms with E-state index in [1.807, 2.05) is 57.4 Å². The molecule has 0 radical (unpaired) electrons. The Labute approximate surface area is 255 Å². The number of imidazole rings is 1. The van der Waals surface area contributed by atoms with E-state index in [1.165, 1.54) is 6.07 Å². The van der Waals surface area contributed by atoms with Crippen molar-refractivity contribution >= 4 is 27.6 Å². The second kappa shape index (κ2) is 12.3. The van der Waals surface area contributed by atoms with E-state index in [1.54, 1.807) is 30.9 Å². The van der Waals surface area contributed by atoms with E-state index in [-0.39, 0.29) is 5.82 Å². The maximum Gasteiger partial charge on any atom is 0.159 e. The van der Waals surface area contributed by atoms with E-state index in [9.17, 15) is 4.39 Å². The van der Waals surface area contributed by atoms with Gasteiger partial charge < -0.3 is 20.1 Å². The van der Waals surface area contributed by atoms with Crippen molar-refractivity contribution in [1.82, 2.24) is 44.9 Å². The van der Waals surface area contributed by atoms with Crippen molar-refractivity contribution in [2.75, 3.05) is 46.6 Å². The van der Waals surface area contributed by atoms with Crippen molar-refractivity contribution < 1.29 is 4.39 Å². The Balaban J connectivity index is 1.33. The van der Waals surface area contributed by atoms with Crippen LogP contribution in [-0.4, -0.2) is 86.2 Å². The standard InChI is InChI=1S/C33H35FN10/c1-20(19-44(4)5)38-25-14-23(16-35-17-25)28-15-26-29(18-37-28)41-42-31(26)33-39-27-8-9-36-30(32(27)40-33)22-11-21(12-24(34)13-22)7-6-10-43(2)3/h8-9,11-18,38H,1,6-7,10,19H2,2-5H3,(H,39,40)(H,41,42). The second-order valence-corrected chi connectivity index (χ2v) is 11.5. The first kappa shape index (κ1) is 29.1. The topological polar surface area (TPSA) is 115 Å². The van der Waals surface area contributed by atoms with Gasteiger partial charge in [0, 0.05) is 41.1 Å². The number of pyridine rings is 3. The zero-order valence-electron chi connectivity index (χ0n) is 25.3. The molecule has 0 amide bonds. The molecule has 11 heteroatoms. The molecule has 0 fully saturated rings. The number of likely N-dealkylation sites (N-methyl/N-ethyl adjacent to an activating group) is 1. The van der Waals surface area contributed by atoms with Gasteiger partial charge in [-0.15, -0.1) is 0 Å². The molecular formula is C33H35FN10. The summed E-state index contributed by atoms with van der Waals surface area (Å²) >= 11 is 0. The number of aromatic nitrogens is 7. The lowest BCUT2D eigenvalue weighted by Crippen LogP contribution is -2.18. The summed E-state index contributed by atoms with van der Waals surface area (Å²) in [6, 6.07) is 10.9. The minimum Gasteiger partial charge on any atom is -0.357 e. The largest absolute Gasteiger partial charge is 0.357 e. The number of aromatic amines is 2. The molecule has 6 aromatic rings. The highest BCUT2D eigenvalue weighted by Crippen LogP contribution is 2.32. The van der Waals surface area contributed by atoms with Crippen LogP contribution in [0.2, 0.25) is 0 Å². The SMILES string of the molecule is C=C(CN(C)C)Nc1cncc(-c2cc3c(-c4nc5c(-c6cc(F)cc(CCCN(C)C)c6)nccc5[nH]4)n[nH]c3cn2)c1. The van der Waals surface area contributed by atoms with Crippen LogP contribution in [0.4, 0.5) is 10.1 Å². The summed E-state index contributed by atoms with van der Waals surface area (Å²) in [4.78, 5) is 26.1. The summed E-state index contributed by atoms with van der Waals surface area (Å²) in [5.41, 5.74) is 8.41. The molecule has 10 nitrogen and oxygen atoms in total. The molecule has 0 bridgehead atoms. The molecule has 1 aromatic carbocycles. The Kier molecular flexibility index (Phi) is 8.14. The maximum atomic E-state index is 14.7. The fraction of sp³-hybridized carbons (Fsp3) is 0.242. The number of hydrogen-bond donors (Lipinski definition) is 3. The first-order valence-corrected chi connectivity index (χ1v) is 14.4. The van der Waals surface area contributed by atoms with E-state index in [2.05, 4.69) is 46.9 Å². The van der Waals surface area contributed by atoms with Gasteiger partial charge in [0.05, 0.1) is 40.5 Å². The van der Waals surface area contributed by atoms with Gasteiger partial charge in [-0.05, 0) is 89.5 Å². The lowest BCUT2D eigenvalue weighted by molar-refractivity contribution is 0.400. The molecule has 0 atom stereocenters. The third-order valence-electron chi connectivity index (χ3n) is 7.24. The van der Waals surface area contributed by atoms with Gasteiger partial charge in [0.1, 0.15) is 17.0 Å². The lowest BCUT2D eigenvalue weighted by Gasteiger charge is -2.14. The molecule has 0 saturated carbocycles. The highest BCUT2D eigenvalue weighted by atomic mass is 19.1. The highest BCUT2D eigenvalue weighted by Gasteiger charge is 2.18. The number of anilines is 1. The second-order valence-electron chi connectivity index (χ2n) is 11.5. The van der Waals surface area contributed by atoms with Crippen LogP contribution in [-0.2, 0) is 6.42 Å². The van der Waals surface area contributed by atoms with E-state index in [0.29, 0.717) is 34.8 Å². The summed E-state index contributed by atoms with van der Waals surface area (Å²) in [7, 11) is 8.06. The number of nitrogens with one attached hydrogen (secondary N) is 3. The minimum absolute atomic E-state index is 0.286. The fourth-order valence-corrected chi connectivity index (χ4v) is 5.32. The molecule has 0 spiro atoms. The molecule has 6 rings (SSSR count). The minimum atomic E-state index is -0.286. The zero-order valence-corrected chi connectivity index (χ0v) is 25.3. The van der Waals surface area contributed by atoms with Gasteiger partial charge in [-0.25, -0.2) is 9.37 Å². The Morgan fingerprint density at radius 2 is 1.80 bits per heavy atom. The molecule has 0 aliphatic carbocycles. The molecule has 5 aromatic heterocycles. The predicted molar refractivity (Wildman–Crippen MR) is 174 cm³/mol. The number of rotatable bonds is 11. The summed E-state index contributed by atoms with van der Waals surface area (Å²) in [5, 5.41) is 11.8. The van der Waals surface area contributed by atoms with Gasteiger partial charge in [-0.2, -0.15) is 5.10 Å². The number of aryl methyl sites for hydroxylation is 1. The summed E-state index contributed by atoms with van der Waals surface area (Å²) in [5.74, 6) is 0.291. The van der Waals surface area contributed by atoms with Gasteiger partial charge in [0.25, 0.3) is 0 Å². The van der Waals surface area contributed by atoms with Crippen LogP contribution in [0.1, 0.15) is 12.0 Å². The quantitative estimate of drug-likeness (QED) is 0.175. The fourth-order valence-electron chi connectivity index (χ4n) is 5.32. The van der Waals surface area contributed by atoms with Crippen molar-refractivity contribution in [3.63, 3.8) is 0 Å². The van der Waals surface area contributed by atoms with Crippen molar-refractivity contribution in [2.24, 2.45) is 0 Å². The third-order valence-corrected chi connectivity index (χ3v) is 7.24.